The van der Waals surface area contributed by atoms with Gasteiger partial charge in [0.1, 0.15) is 18.5 Å². The number of aryl methyl sites for hydroxylation is 1. The average molecular weight is 622 g/mol. The van der Waals surface area contributed by atoms with Crippen LogP contribution in [0.25, 0.3) is 22.2 Å². The van der Waals surface area contributed by atoms with Gasteiger partial charge >= 0.3 is 0 Å². The van der Waals surface area contributed by atoms with Gasteiger partial charge < -0.3 is 19.8 Å². The maximum absolute atomic E-state index is 12.9. The van der Waals surface area contributed by atoms with E-state index in [0.717, 1.165) is 33.4 Å². The van der Waals surface area contributed by atoms with Crippen LogP contribution in [-0.2, 0) is 18.7 Å². The fourth-order valence-corrected chi connectivity index (χ4v) is 6.46. The maximum Gasteiger partial charge on any atom is 0.297 e. The first-order valence-corrected chi connectivity index (χ1v) is 18.6. The lowest BCUT2D eigenvalue weighted by Gasteiger charge is -2.39. The highest BCUT2D eigenvalue weighted by atomic mass is 32.2. The molecule has 1 atom stereocenters. The summed E-state index contributed by atoms with van der Waals surface area (Å²) in [5, 5.41) is 0.947. The van der Waals surface area contributed by atoms with E-state index in [1.165, 1.54) is 0 Å². The van der Waals surface area contributed by atoms with Crippen LogP contribution in [0.15, 0.2) is 77.7 Å². The lowest BCUT2D eigenvalue weighted by Crippen LogP contribution is -2.47. The molecule has 1 unspecified atom stereocenters. The molecule has 0 saturated heterocycles. The molecule has 0 aliphatic carbocycles. The summed E-state index contributed by atoms with van der Waals surface area (Å²) in [6.45, 7) is 12.4. The van der Waals surface area contributed by atoms with Crippen LogP contribution in [0.3, 0.4) is 0 Å². The summed E-state index contributed by atoms with van der Waals surface area (Å²) in [7, 11) is -2.26. The Morgan fingerprint density at radius 2 is 1.63 bits per heavy atom. The summed E-state index contributed by atoms with van der Waals surface area (Å²) in [5.41, 5.74) is 11.4. The Balaban J connectivity index is 1.55. The Morgan fingerprint density at radius 3 is 2.28 bits per heavy atom. The fraction of sp³-hybridized carbons (Fsp3) is 0.364. The summed E-state index contributed by atoms with van der Waals surface area (Å²) in [4.78, 5) is 7.01. The Labute approximate surface area is 257 Å². The first kappa shape index (κ1) is 32.5. The standard InChI is InChI=1S/C33H43N3O5SSi/c1-23-9-14-28(15-10-23)42(37,38)40-22-27(41-43(7,8)33(2,3)4)21-39-32-20-25(11-16-29(32)34)30-17-12-24-19-26(36(5)6)13-18-31(24)35-30/h9-20,27H,21-22,34H2,1-8H3. The van der Waals surface area contributed by atoms with Gasteiger partial charge in [0.2, 0.25) is 0 Å². The van der Waals surface area contributed by atoms with E-state index in [9.17, 15) is 8.42 Å². The topological polar surface area (TPSA) is 104 Å². The van der Waals surface area contributed by atoms with E-state index in [-0.39, 0.29) is 23.1 Å². The minimum atomic E-state index is -3.98. The number of hydrogen-bond donors (Lipinski definition) is 1. The SMILES string of the molecule is Cc1ccc(S(=O)(=O)OCC(COc2cc(-c3ccc4cc(N(C)C)ccc4n3)ccc2N)O[Si](C)(C)C(C)(C)C)cc1. The molecule has 2 N–H and O–H groups in total. The molecule has 0 bridgehead atoms. The van der Waals surface area contributed by atoms with Crippen molar-refractivity contribution in [2.75, 3.05) is 37.9 Å². The van der Waals surface area contributed by atoms with E-state index in [1.807, 2.05) is 51.4 Å². The molecule has 1 aromatic heterocycles. The second kappa shape index (κ2) is 12.7. The summed E-state index contributed by atoms with van der Waals surface area (Å²) in [6.07, 6.45) is -0.645. The third-order valence-corrected chi connectivity index (χ3v) is 13.7. The van der Waals surface area contributed by atoms with Crippen molar-refractivity contribution in [1.82, 2.24) is 4.98 Å². The Hall–Kier alpha value is -3.44. The largest absolute Gasteiger partial charge is 0.489 e. The number of pyridine rings is 1. The molecule has 230 valence electrons. The quantitative estimate of drug-likeness (QED) is 0.108. The molecule has 43 heavy (non-hydrogen) atoms. The summed E-state index contributed by atoms with van der Waals surface area (Å²) >= 11 is 0. The van der Waals surface area contributed by atoms with Crippen LogP contribution in [0.2, 0.25) is 18.1 Å². The number of rotatable bonds is 11. The van der Waals surface area contributed by atoms with Gasteiger partial charge in [-0.25, -0.2) is 4.98 Å². The molecule has 10 heteroatoms. The first-order chi connectivity index (χ1) is 20.1. The van der Waals surface area contributed by atoms with Crippen molar-refractivity contribution in [2.45, 2.75) is 56.8 Å². The van der Waals surface area contributed by atoms with Crippen molar-refractivity contribution in [3.8, 4) is 17.0 Å². The van der Waals surface area contributed by atoms with Crippen molar-refractivity contribution in [3.05, 3.63) is 78.4 Å². The number of anilines is 2. The van der Waals surface area contributed by atoms with Crippen molar-refractivity contribution in [2.24, 2.45) is 0 Å². The minimum absolute atomic E-state index is 0.0576. The van der Waals surface area contributed by atoms with E-state index >= 15 is 0 Å². The number of fused-ring (bicyclic) bond motifs is 1. The van der Waals surface area contributed by atoms with Gasteiger partial charge in [-0.3, -0.25) is 4.18 Å². The van der Waals surface area contributed by atoms with Gasteiger partial charge in [0.05, 0.1) is 28.4 Å². The van der Waals surface area contributed by atoms with E-state index in [1.54, 1.807) is 30.3 Å². The van der Waals surface area contributed by atoms with Crippen molar-refractivity contribution < 1.29 is 21.8 Å². The number of hydrogen-bond acceptors (Lipinski definition) is 8. The lowest BCUT2D eigenvalue weighted by molar-refractivity contribution is 0.0729. The lowest BCUT2D eigenvalue weighted by atomic mass is 10.1. The first-order valence-electron chi connectivity index (χ1n) is 14.3. The smallest absolute Gasteiger partial charge is 0.297 e. The second-order valence-electron chi connectivity index (χ2n) is 12.6. The van der Waals surface area contributed by atoms with Crippen LogP contribution in [0.5, 0.6) is 5.75 Å². The zero-order valence-corrected chi connectivity index (χ0v) is 28.2. The summed E-state index contributed by atoms with van der Waals surface area (Å²) in [6, 6.07) is 22.3. The van der Waals surface area contributed by atoms with Gasteiger partial charge in [0, 0.05) is 30.7 Å². The normalized spacial score (nSPS) is 13.2. The highest BCUT2D eigenvalue weighted by Crippen LogP contribution is 2.38. The Morgan fingerprint density at radius 1 is 0.930 bits per heavy atom. The van der Waals surface area contributed by atoms with Crippen LogP contribution in [0, 0.1) is 6.92 Å². The number of nitrogen functional groups attached to an aromatic ring is 1. The highest BCUT2D eigenvalue weighted by Gasteiger charge is 2.39. The molecule has 0 radical (unpaired) electrons. The molecular formula is C33H43N3O5SSi. The van der Waals surface area contributed by atoms with E-state index < -0.39 is 24.5 Å². The predicted octanol–water partition coefficient (Wildman–Crippen LogP) is 7.03. The molecule has 4 aromatic rings. The van der Waals surface area contributed by atoms with Crippen LogP contribution in [0.4, 0.5) is 11.4 Å². The third-order valence-electron chi connectivity index (χ3n) is 7.91. The highest BCUT2D eigenvalue weighted by molar-refractivity contribution is 7.86. The Kier molecular flexibility index (Phi) is 9.56. The van der Waals surface area contributed by atoms with Crippen LogP contribution in [0.1, 0.15) is 26.3 Å². The predicted molar refractivity (Wildman–Crippen MR) is 178 cm³/mol. The molecule has 8 nitrogen and oxygen atoms in total. The molecule has 0 amide bonds. The van der Waals surface area contributed by atoms with Gasteiger partial charge in [-0.15, -0.1) is 0 Å². The van der Waals surface area contributed by atoms with Gasteiger partial charge in [0.25, 0.3) is 10.1 Å². The molecule has 0 fully saturated rings. The molecule has 0 saturated carbocycles. The molecule has 0 spiro atoms. The van der Waals surface area contributed by atoms with E-state index in [0.29, 0.717) is 11.4 Å². The van der Waals surface area contributed by atoms with Gasteiger partial charge in [-0.2, -0.15) is 8.42 Å². The number of ether oxygens (including phenoxy) is 1. The van der Waals surface area contributed by atoms with Gasteiger partial charge in [-0.1, -0.05) is 50.6 Å². The van der Waals surface area contributed by atoms with E-state index in [4.69, 9.17) is 24.1 Å². The van der Waals surface area contributed by atoms with Crippen LogP contribution >= 0.6 is 0 Å². The minimum Gasteiger partial charge on any atom is -0.489 e. The van der Waals surface area contributed by atoms with Crippen molar-refractivity contribution >= 4 is 40.7 Å². The third kappa shape index (κ3) is 7.94. The molecule has 0 aliphatic rings. The molecule has 3 aromatic carbocycles. The second-order valence-corrected chi connectivity index (χ2v) is 19.0. The molecule has 4 rings (SSSR count). The molecular weight excluding hydrogens is 579 g/mol. The van der Waals surface area contributed by atoms with Gasteiger partial charge in [0.15, 0.2) is 8.32 Å². The average Bonchev–Trinajstić information content (AvgIpc) is 2.94. The molecule has 0 aliphatic heterocycles. The Bertz CT molecular complexity index is 1680. The summed E-state index contributed by atoms with van der Waals surface area (Å²) < 4.78 is 44.2. The number of nitrogens with zero attached hydrogens (tertiary/aromatic N) is 2. The van der Waals surface area contributed by atoms with E-state index in [2.05, 4.69) is 50.9 Å². The summed E-state index contributed by atoms with van der Waals surface area (Å²) in [5.74, 6) is 0.465. The van der Waals surface area contributed by atoms with Crippen molar-refractivity contribution in [1.29, 1.82) is 0 Å². The van der Waals surface area contributed by atoms with Crippen molar-refractivity contribution in [3.63, 3.8) is 0 Å². The molecule has 1 heterocycles. The van der Waals surface area contributed by atoms with Crippen LogP contribution < -0.4 is 15.4 Å². The zero-order valence-electron chi connectivity index (χ0n) is 26.3. The van der Waals surface area contributed by atoms with Gasteiger partial charge in [-0.05, 0) is 73.6 Å². The number of nitrogens with two attached hydrogens (primary N) is 1. The number of aromatic nitrogens is 1. The van der Waals surface area contributed by atoms with Crippen LogP contribution in [-0.4, -0.2) is 55.1 Å². The monoisotopic (exact) mass is 621 g/mol. The zero-order chi connectivity index (χ0) is 31.6. The fourth-order valence-electron chi connectivity index (χ4n) is 4.20. The maximum atomic E-state index is 12.9. The number of benzene rings is 3.